The molecule has 0 aromatic heterocycles. The van der Waals surface area contributed by atoms with Crippen LogP contribution in [0.1, 0.15) is 0 Å². The topological polar surface area (TPSA) is 46.7 Å². The molecule has 1 rings (SSSR count). The minimum Gasteiger partial charge on any atom is -0.364 e. The number of ether oxygens (including phenoxy) is 1. The molecule has 1 fully saturated rings. The molecule has 1 aliphatic rings. The molecule has 0 aromatic carbocycles. The van der Waals surface area contributed by atoms with Gasteiger partial charge >= 0.3 is 0 Å². The maximum atomic E-state index is 10.3. The fourth-order valence-corrected chi connectivity index (χ4v) is 0.448. The molecule has 1 unspecified atom stereocenters. The van der Waals surface area contributed by atoms with Crippen LogP contribution in [-0.4, -0.2) is 23.7 Å². The molecule has 0 radical (unpaired) electrons. The summed E-state index contributed by atoms with van der Waals surface area (Å²) >= 11 is 4.79. The van der Waals surface area contributed by atoms with Crippen molar-refractivity contribution in [1.29, 1.82) is 0 Å². The van der Waals surface area contributed by atoms with E-state index in [1.165, 1.54) is 0 Å². The highest BCUT2D eigenvalue weighted by Crippen LogP contribution is 2.10. The highest BCUT2D eigenvalue weighted by molar-refractivity contribution is 6.81. The van der Waals surface area contributed by atoms with E-state index in [1.54, 1.807) is 0 Å². The van der Waals surface area contributed by atoms with Gasteiger partial charge in [0.25, 0.3) is 5.24 Å². The lowest BCUT2D eigenvalue weighted by Gasteiger charge is -1.79. The van der Waals surface area contributed by atoms with Crippen molar-refractivity contribution in [1.82, 2.24) is 0 Å². The summed E-state index contributed by atoms with van der Waals surface area (Å²) < 4.78 is 4.48. The van der Waals surface area contributed by atoms with Gasteiger partial charge in [-0.2, -0.15) is 0 Å². The third-order valence-corrected chi connectivity index (χ3v) is 1.01. The van der Waals surface area contributed by atoms with Crippen molar-refractivity contribution in [3.63, 3.8) is 0 Å². The molecular weight excluding hydrogens is 131 g/mol. The Labute approximate surface area is 50.6 Å². The fourth-order valence-electron chi connectivity index (χ4n) is 0.326. The normalized spacial score (nSPS) is 24.9. The third kappa shape index (κ3) is 1.05. The minimum absolute atomic E-state index is 0.345. The first kappa shape index (κ1) is 5.72. The van der Waals surface area contributed by atoms with E-state index in [0.29, 0.717) is 6.61 Å². The van der Waals surface area contributed by atoms with Gasteiger partial charge in [0.1, 0.15) is 6.10 Å². The Hall–Kier alpha value is -0.410. The number of Topliss-reactive ketones (excluding diaryl/α,β-unsaturated/α-hetero) is 1. The Morgan fingerprint density at radius 3 is 2.25 bits per heavy atom. The number of halogens is 1. The molecule has 0 aromatic rings. The maximum absolute atomic E-state index is 10.3. The second-order valence-corrected chi connectivity index (χ2v) is 1.80. The summed E-state index contributed by atoms with van der Waals surface area (Å²) in [5.41, 5.74) is 0. The smallest absolute Gasteiger partial charge is 0.291 e. The summed E-state index contributed by atoms with van der Waals surface area (Å²) in [5, 5.41) is -0.937. The third-order valence-electron chi connectivity index (χ3n) is 0.819. The number of hydrogen-bond donors (Lipinski definition) is 0. The van der Waals surface area contributed by atoms with Crippen LogP contribution in [0.3, 0.4) is 0 Å². The molecule has 0 bridgehead atoms. The van der Waals surface area contributed by atoms with Gasteiger partial charge in [-0.3, -0.25) is 9.59 Å². The molecule has 0 amide bonds. The number of carbonyl (C=O) groups is 2. The molecule has 1 heterocycles. The zero-order valence-corrected chi connectivity index (χ0v) is 4.64. The van der Waals surface area contributed by atoms with Gasteiger partial charge in [0.2, 0.25) is 5.78 Å². The van der Waals surface area contributed by atoms with E-state index >= 15 is 0 Å². The predicted octanol–water partition coefficient (Wildman–Crippen LogP) is -0.280. The van der Waals surface area contributed by atoms with Gasteiger partial charge in [-0.25, -0.2) is 0 Å². The van der Waals surface area contributed by atoms with Gasteiger partial charge in [-0.05, 0) is 11.6 Å². The monoisotopic (exact) mass is 134 g/mol. The Kier molecular flexibility index (Phi) is 1.31. The highest BCUT2D eigenvalue weighted by Gasteiger charge is 2.34. The molecule has 8 heavy (non-hydrogen) atoms. The van der Waals surface area contributed by atoms with Crippen molar-refractivity contribution in [2.75, 3.05) is 6.61 Å². The van der Waals surface area contributed by atoms with Gasteiger partial charge in [-0.1, -0.05) is 0 Å². The molecule has 0 aliphatic carbocycles. The van der Waals surface area contributed by atoms with Gasteiger partial charge in [0, 0.05) is 0 Å². The molecule has 0 N–H and O–H groups in total. The second kappa shape index (κ2) is 1.84. The zero-order valence-electron chi connectivity index (χ0n) is 3.89. The van der Waals surface area contributed by atoms with Crippen LogP contribution < -0.4 is 0 Å². The maximum Gasteiger partial charge on any atom is 0.291 e. The summed E-state index contributed by atoms with van der Waals surface area (Å²) in [6.45, 7) is 0.345. The fraction of sp³-hybridized carbons (Fsp3) is 0.500. The molecule has 1 aliphatic heterocycles. The first-order valence-corrected chi connectivity index (χ1v) is 2.45. The number of hydrogen-bond acceptors (Lipinski definition) is 3. The Morgan fingerprint density at radius 2 is 2.12 bits per heavy atom. The van der Waals surface area contributed by atoms with Crippen LogP contribution in [0.2, 0.25) is 0 Å². The van der Waals surface area contributed by atoms with Crippen LogP contribution >= 0.6 is 11.6 Å². The average molecular weight is 135 g/mol. The Morgan fingerprint density at radius 1 is 1.62 bits per heavy atom. The lowest BCUT2D eigenvalue weighted by atomic mass is 10.3. The van der Waals surface area contributed by atoms with Crippen LogP contribution in [0.25, 0.3) is 0 Å². The zero-order chi connectivity index (χ0) is 6.15. The molecule has 1 saturated heterocycles. The van der Waals surface area contributed by atoms with Crippen LogP contribution in [-0.2, 0) is 14.3 Å². The van der Waals surface area contributed by atoms with Crippen molar-refractivity contribution in [3.05, 3.63) is 0 Å². The van der Waals surface area contributed by atoms with E-state index in [2.05, 4.69) is 4.74 Å². The lowest BCUT2D eigenvalue weighted by molar-refractivity contribution is -0.132. The molecular formula is C4H3ClO3. The van der Waals surface area contributed by atoms with Crippen molar-refractivity contribution >= 4 is 22.6 Å². The minimum atomic E-state index is -0.937. The largest absolute Gasteiger partial charge is 0.364 e. The Balaban J connectivity index is 2.45. The number of epoxide rings is 1. The van der Waals surface area contributed by atoms with Gasteiger partial charge in [-0.15, -0.1) is 0 Å². The highest BCUT2D eigenvalue weighted by atomic mass is 35.5. The van der Waals surface area contributed by atoms with Crippen molar-refractivity contribution in [2.45, 2.75) is 6.10 Å². The van der Waals surface area contributed by atoms with Gasteiger partial charge in [0.05, 0.1) is 6.61 Å². The summed E-state index contributed by atoms with van der Waals surface area (Å²) in [7, 11) is 0. The molecule has 0 saturated carbocycles. The summed E-state index contributed by atoms with van der Waals surface area (Å²) in [5.74, 6) is -0.633. The Bertz CT molecular complexity index is 138. The number of rotatable bonds is 2. The van der Waals surface area contributed by atoms with Crippen LogP contribution in [0.15, 0.2) is 0 Å². The number of ketones is 1. The van der Waals surface area contributed by atoms with E-state index in [0.717, 1.165) is 0 Å². The standard InChI is InChI=1S/C4H3ClO3/c5-4(7)3(6)2-1-8-2/h2H,1H2. The van der Waals surface area contributed by atoms with Crippen molar-refractivity contribution < 1.29 is 14.3 Å². The van der Waals surface area contributed by atoms with Gasteiger partial charge in [0.15, 0.2) is 0 Å². The van der Waals surface area contributed by atoms with Crippen molar-refractivity contribution in [3.8, 4) is 0 Å². The average Bonchev–Trinajstić information content (AvgIpc) is 2.43. The van der Waals surface area contributed by atoms with E-state index in [9.17, 15) is 9.59 Å². The quantitative estimate of drug-likeness (QED) is 0.297. The molecule has 44 valence electrons. The van der Waals surface area contributed by atoms with Crippen LogP contribution in [0.4, 0.5) is 0 Å². The molecule has 3 nitrogen and oxygen atoms in total. The number of carbonyl (C=O) groups excluding carboxylic acids is 2. The van der Waals surface area contributed by atoms with Crippen LogP contribution in [0.5, 0.6) is 0 Å². The second-order valence-electron chi connectivity index (χ2n) is 1.46. The first-order valence-electron chi connectivity index (χ1n) is 2.07. The SMILES string of the molecule is O=C(Cl)C(=O)C1CO1. The van der Waals surface area contributed by atoms with Gasteiger partial charge < -0.3 is 4.74 Å². The predicted molar refractivity (Wildman–Crippen MR) is 25.6 cm³/mol. The van der Waals surface area contributed by atoms with Crippen LogP contribution in [0, 0.1) is 0 Å². The summed E-state index contributed by atoms with van der Waals surface area (Å²) in [6, 6.07) is 0. The lowest BCUT2D eigenvalue weighted by Crippen LogP contribution is -2.13. The van der Waals surface area contributed by atoms with Crippen molar-refractivity contribution in [2.24, 2.45) is 0 Å². The molecule has 1 atom stereocenters. The first-order chi connectivity index (χ1) is 3.72. The summed E-state index contributed by atoms with van der Waals surface area (Å²) in [6.07, 6.45) is -0.528. The summed E-state index contributed by atoms with van der Waals surface area (Å²) in [4.78, 5) is 20.3. The van der Waals surface area contributed by atoms with E-state index in [1.807, 2.05) is 0 Å². The molecule has 0 spiro atoms. The van der Waals surface area contributed by atoms with E-state index in [4.69, 9.17) is 11.6 Å². The molecule has 4 heteroatoms. The van der Waals surface area contributed by atoms with E-state index < -0.39 is 17.1 Å². The van der Waals surface area contributed by atoms with E-state index in [-0.39, 0.29) is 0 Å².